The smallest absolute Gasteiger partial charge is 0.166 e. The zero-order valence-electron chi connectivity index (χ0n) is 11.9. The van der Waals surface area contributed by atoms with Crippen molar-refractivity contribution in [2.45, 2.75) is 46.7 Å². The van der Waals surface area contributed by atoms with Gasteiger partial charge >= 0.3 is 0 Å². The van der Waals surface area contributed by atoms with Gasteiger partial charge in [0.25, 0.3) is 0 Å². The molecule has 0 aromatic heterocycles. The highest BCUT2D eigenvalue weighted by molar-refractivity contribution is 7.80. The SMILES string of the molecule is CC(NC(=S)NC(C)C(C)(C)C)c1ccccc1. The summed E-state index contributed by atoms with van der Waals surface area (Å²) in [6, 6.07) is 10.9. The molecule has 0 radical (unpaired) electrons. The zero-order chi connectivity index (χ0) is 13.8. The number of hydrogen-bond acceptors (Lipinski definition) is 1. The van der Waals surface area contributed by atoms with Crippen molar-refractivity contribution in [1.82, 2.24) is 10.6 Å². The molecule has 0 heterocycles. The van der Waals surface area contributed by atoms with Crippen molar-refractivity contribution in [1.29, 1.82) is 0 Å². The molecule has 1 rings (SSSR count). The molecule has 0 bridgehead atoms. The van der Waals surface area contributed by atoms with E-state index >= 15 is 0 Å². The highest BCUT2D eigenvalue weighted by Crippen LogP contribution is 2.18. The minimum Gasteiger partial charge on any atom is -0.360 e. The largest absolute Gasteiger partial charge is 0.360 e. The summed E-state index contributed by atoms with van der Waals surface area (Å²) in [7, 11) is 0. The number of hydrogen-bond donors (Lipinski definition) is 2. The summed E-state index contributed by atoms with van der Waals surface area (Å²) in [5, 5.41) is 7.38. The first-order valence-electron chi connectivity index (χ1n) is 6.42. The summed E-state index contributed by atoms with van der Waals surface area (Å²) in [5.74, 6) is 0. The van der Waals surface area contributed by atoms with E-state index in [1.165, 1.54) is 5.56 Å². The summed E-state index contributed by atoms with van der Waals surface area (Å²) in [4.78, 5) is 0. The summed E-state index contributed by atoms with van der Waals surface area (Å²) < 4.78 is 0. The van der Waals surface area contributed by atoms with E-state index in [2.05, 4.69) is 57.4 Å². The number of rotatable bonds is 3. The molecule has 0 spiro atoms. The molecule has 0 aliphatic heterocycles. The van der Waals surface area contributed by atoms with Crippen LogP contribution in [0.3, 0.4) is 0 Å². The van der Waals surface area contributed by atoms with E-state index in [0.717, 1.165) is 0 Å². The number of thiocarbonyl (C=S) groups is 1. The fraction of sp³-hybridized carbons (Fsp3) is 0.533. The van der Waals surface area contributed by atoms with E-state index in [1.807, 2.05) is 18.2 Å². The Bertz CT molecular complexity index is 381. The fourth-order valence-electron chi connectivity index (χ4n) is 1.48. The van der Waals surface area contributed by atoms with Gasteiger partial charge in [-0.25, -0.2) is 0 Å². The van der Waals surface area contributed by atoms with Gasteiger partial charge in [0, 0.05) is 6.04 Å². The summed E-state index contributed by atoms with van der Waals surface area (Å²) >= 11 is 5.35. The predicted octanol–water partition coefficient (Wildman–Crippen LogP) is 3.65. The van der Waals surface area contributed by atoms with E-state index in [-0.39, 0.29) is 11.5 Å². The van der Waals surface area contributed by atoms with Crippen LogP contribution in [-0.4, -0.2) is 11.2 Å². The molecule has 2 unspecified atom stereocenters. The van der Waals surface area contributed by atoms with Gasteiger partial charge in [0.05, 0.1) is 6.04 Å². The molecule has 2 nitrogen and oxygen atoms in total. The van der Waals surface area contributed by atoms with Crippen LogP contribution < -0.4 is 10.6 Å². The van der Waals surface area contributed by atoms with Crippen molar-refractivity contribution in [2.75, 3.05) is 0 Å². The first-order valence-corrected chi connectivity index (χ1v) is 6.83. The van der Waals surface area contributed by atoms with Gasteiger partial charge in [-0.15, -0.1) is 0 Å². The molecular formula is C15H24N2S. The van der Waals surface area contributed by atoms with Gasteiger partial charge in [-0.3, -0.25) is 0 Å². The molecule has 100 valence electrons. The molecule has 0 fully saturated rings. The molecule has 0 aliphatic carbocycles. The lowest BCUT2D eigenvalue weighted by Gasteiger charge is -2.30. The van der Waals surface area contributed by atoms with E-state index in [4.69, 9.17) is 12.2 Å². The highest BCUT2D eigenvalue weighted by atomic mass is 32.1. The van der Waals surface area contributed by atoms with E-state index in [0.29, 0.717) is 11.2 Å². The standard InChI is InChI=1S/C15H24N2S/c1-11(13-9-7-6-8-10-13)16-14(18)17-12(2)15(3,4)5/h6-12H,1-5H3,(H2,16,17,18). The van der Waals surface area contributed by atoms with Crippen molar-refractivity contribution >= 4 is 17.3 Å². The van der Waals surface area contributed by atoms with Crippen LogP contribution in [0.15, 0.2) is 30.3 Å². The summed E-state index contributed by atoms with van der Waals surface area (Å²) in [6.45, 7) is 10.9. The van der Waals surface area contributed by atoms with Crippen molar-refractivity contribution in [3.8, 4) is 0 Å². The lowest BCUT2D eigenvalue weighted by Crippen LogP contribution is -2.46. The first-order chi connectivity index (χ1) is 8.30. The van der Waals surface area contributed by atoms with Crippen LogP contribution in [0, 0.1) is 5.41 Å². The normalized spacial score (nSPS) is 14.7. The van der Waals surface area contributed by atoms with Crippen molar-refractivity contribution in [2.24, 2.45) is 5.41 Å². The van der Waals surface area contributed by atoms with Gasteiger partial charge in [-0.1, -0.05) is 51.1 Å². The van der Waals surface area contributed by atoms with Gasteiger partial charge in [-0.2, -0.15) is 0 Å². The molecular weight excluding hydrogens is 240 g/mol. The second-order valence-corrected chi connectivity index (χ2v) is 6.25. The van der Waals surface area contributed by atoms with Gasteiger partial charge in [0.15, 0.2) is 5.11 Å². The Morgan fingerprint density at radius 1 is 1.06 bits per heavy atom. The molecule has 18 heavy (non-hydrogen) atoms. The van der Waals surface area contributed by atoms with Gasteiger partial charge in [0.2, 0.25) is 0 Å². The Kier molecular flexibility index (Phi) is 5.15. The van der Waals surface area contributed by atoms with Gasteiger partial charge in [0.1, 0.15) is 0 Å². The van der Waals surface area contributed by atoms with Crippen LogP contribution in [0.5, 0.6) is 0 Å². The fourth-order valence-corrected chi connectivity index (χ4v) is 1.83. The van der Waals surface area contributed by atoms with Crippen LogP contribution in [0.25, 0.3) is 0 Å². The molecule has 2 N–H and O–H groups in total. The van der Waals surface area contributed by atoms with Gasteiger partial charge < -0.3 is 10.6 Å². The Hall–Kier alpha value is -1.09. The Morgan fingerprint density at radius 3 is 2.11 bits per heavy atom. The van der Waals surface area contributed by atoms with Crippen molar-refractivity contribution in [3.63, 3.8) is 0 Å². The predicted molar refractivity (Wildman–Crippen MR) is 82.6 cm³/mol. The quantitative estimate of drug-likeness (QED) is 0.815. The monoisotopic (exact) mass is 264 g/mol. The Labute approximate surface area is 116 Å². The minimum atomic E-state index is 0.196. The maximum absolute atomic E-state index is 5.35. The minimum absolute atomic E-state index is 0.196. The molecule has 0 aliphatic rings. The van der Waals surface area contributed by atoms with Crippen LogP contribution in [0.2, 0.25) is 0 Å². The van der Waals surface area contributed by atoms with Crippen molar-refractivity contribution in [3.05, 3.63) is 35.9 Å². The zero-order valence-corrected chi connectivity index (χ0v) is 12.8. The molecule has 1 aromatic carbocycles. The molecule has 2 atom stereocenters. The first kappa shape index (κ1) is 15.0. The van der Waals surface area contributed by atoms with Gasteiger partial charge in [-0.05, 0) is 37.0 Å². The summed E-state index contributed by atoms with van der Waals surface area (Å²) in [5.41, 5.74) is 1.44. The lowest BCUT2D eigenvalue weighted by molar-refractivity contribution is 0.315. The number of nitrogens with one attached hydrogen (secondary N) is 2. The van der Waals surface area contributed by atoms with Crippen LogP contribution in [0.1, 0.15) is 46.2 Å². The van der Waals surface area contributed by atoms with E-state index < -0.39 is 0 Å². The maximum Gasteiger partial charge on any atom is 0.166 e. The number of benzene rings is 1. The molecule has 0 amide bonds. The second kappa shape index (κ2) is 6.19. The molecule has 3 heteroatoms. The lowest BCUT2D eigenvalue weighted by atomic mass is 9.88. The van der Waals surface area contributed by atoms with E-state index in [9.17, 15) is 0 Å². The van der Waals surface area contributed by atoms with E-state index in [1.54, 1.807) is 0 Å². The Morgan fingerprint density at radius 2 is 1.61 bits per heavy atom. The third kappa shape index (κ3) is 4.65. The summed E-state index contributed by atoms with van der Waals surface area (Å²) in [6.07, 6.45) is 0. The average molecular weight is 264 g/mol. The van der Waals surface area contributed by atoms with Crippen LogP contribution in [-0.2, 0) is 0 Å². The molecule has 0 saturated carbocycles. The molecule has 0 saturated heterocycles. The topological polar surface area (TPSA) is 24.1 Å². The highest BCUT2D eigenvalue weighted by Gasteiger charge is 2.20. The van der Waals surface area contributed by atoms with Crippen LogP contribution >= 0.6 is 12.2 Å². The Balaban J connectivity index is 2.51. The third-order valence-electron chi connectivity index (χ3n) is 3.29. The maximum atomic E-state index is 5.35. The van der Waals surface area contributed by atoms with Crippen molar-refractivity contribution < 1.29 is 0 Å². The average Bonchev–Trinajstić information content (AvgIpc) is 2.28. The third-order valence-corrected chi connectivity index (χ3v) is 3.53. The molecule has 1 aromatic rings. The van der Waals surface area contributed by atoms with Crippen LogP contribution in [0.4, 0.5) is 0 Å². The second-order valence-electron chi connectivity index (χ2n) is 5.84.